The number of hydrogen-bond acceptors (Lipinski definition) is 9. The van der Waals surface area contributed by atoms with Gasteiger partial charge in [-0.05, 0) is 68.6 Å². The lowest BCUT2D eigenvalue weighted by Gasteiger charge is -2.39. The van der Waals surface area contributed by atoms with Gasteiger partial charge in [0, 0.05) is 19.1 Å². The monoisotopic (exact) mass is 438 g/mol. The van der Waals surface area contributed by atoms with Gasteiger partial charge in [0.05, 0.1) is 22.4 Å². The minimum Gasteiger partial charge on any atom is -0.456 e. The second-order valence-corrected chi connectivity index (χ2v) is 8.92. The number of nitrogens with zero attached hydrogens (tertiary/aromatic N) is 8. The molecule has 1 saturated heterocycles. The first-order valence-electron chi connectivity index (χ1n) is 10.9. The Morgan fingerprint density at radius 3 is 2.62 bits per heavy atom. The fourth-order valence-electron chi connectivity index (χ4n) is 5.10. The Balaban J connectivity index is 1.18. The first-order valence-corrected chi connectivity index (χ1v) is 10.9. The molecule has 3 aliphatic rings. The fourth-order valence-corrected chi connectivity index (χ4v) is 5.10. The van der Waals surface area contributed by atoms with Gasteiger partial charge in [-0.1, -0.05) is 0 Å². The quantitative estimate of drug-likeness (QED) is 0.627. The van der Waals surface area contributed by atoms with Gasteiger partial charge in [-0.3, -0.25) is 9.69 Å². The average molecular weight is 438 g/mol. The Hall–Kier alpha value is -3.21. The maximum atomic E-state index is 13.3. The number of amides is 1. The number of aromatic nitrogens is 6. The minimum atomic E-state index is -0.312. The summed E-state index contributed by atoms with van der Waals surface area (Å²) >= 11 is 0. The summed E-state index contributed by atoms with van der Waals surface area (Å²) in [6, 6.07) is 4.17. The van der Waals surface area contributed by atoms with Crippen molar-refractivity contribution in [3.05, 3.63) is 35.4 Å². The number of esters is 1. The van der Waals surface area contributed by atoms with E-state index in [0.717, 1.165) is 43.5 Å². The van der Waals surface area contributed by atoms with E-state index in [4.69, 9.17) is 4.74 Å². The van der Waals surface area contributed by atoms with Crippen LogP contribution in [0, 0.1) is 5.41 Å². The number of likely N-dealkylation sites (tertiary alicyclic amines) is 1. The largest absolute Gasteiger partial charge is 0.456 e. The SMILES string of the molecule is CC1=C(N2CCC3(CCC(N(C)Cc4ccc(-n5cnnn5)nn4)CC3)C2=O)COC1=O. The molecule has 2 aliphatic heterocycles. The smallest absolute Gasteiger partial charge is 0.336 e. The van der Waals surface area contributed by atoms with Crippen molar-refractivity contribution < 1.29 is 14.3 Å². The summed E-state index contributed by atoms with van der Waals surface area (Å²) in [5.41, 5.74) is 1.89. The van der Waals surface area contributed by atoms with Crippen LogP contribution in [0.1, 0.15) is 44.7 Å². The van der Waals surface area contributed by atoms with Crippen LogP contribution in [0.15, 0.2) is 29.7 Å². The second kappa shape index (κ2) is 8.05. The molecule has 4 heterocycles. The Morgan fingerprint density at radius 2 is 2.00 bits per heavy atom. The van der Waals surface area contributed by atoms with Crippen molar-refractivity contribution in [2.45, 2.75) is 51.6 Å². The highest BCUT2D eigenvalue weighted by atomic mass is 16.5. The molecule has 11 heteroatoms. The van der Waals surface area contributed by atoms with E-state index in [1.165, 1.54) is 11.0 Å². The highest BCUT2D eigenvalue weighted by Crippen LogP contribution is 2.47. The summed E-state index contributed by atoms with van der Waals surface area (Å²) in [6.07, 6.45) is 5.97. The van der Waals surface area contributed by atoms with Crippen LogP contribution in [0.25, 0.3) is 5.82 Å². The van der Waals surface area contributed by atoms with Crippen molar-refractivity contribution in [3.8, 4) is 5.82 Å². The zero-order valence-corrected chi connectivity index (χ0v) is 18.3. The molecule has 0 radical (unpaired) electrons. The summed E-state index contributed by atoms with van der Waals surface area (Å²) in [6.45, 7) is 3.32. The standard InChI is InChI=1S/C21H26N8O3/c1-14-17(12-32-19(14)30)28-10-9-21(20(28)31)7-5-16(6-8-21)27(2)11-15-3-4-18(24-23-15)29-13-22-25-26-29/h3-4,13,16H,5-12H2,1-2H3. The molecule has 1 amide bonds. The Bertz CT molecular complexity index is 1040. The van der Waals surface area contributed by atoms with Crippen LogP contribution >= 0.6 is 0 Å². The van der Waals surface area contributed by atoms with Crippen molar-refractivity contribution in [2.75, 3.05) is 20.2 Å². The summed E-state index contributed by atoms with van der Waals surface area (Å²) in [5.74, 6) is 0.425. The van der Waals surface area contributed by atoms with Gasteiger partial charge in [0.1, 0.15) is 12.9 Å². The molecule has 0 bridgehead atoms. The van der Waals surface area contributed by atoms with E-state index >= 15 is 0 Å². The van der Waals surface area contributed by atoms with Gasteiger partial charge in [-0.2, -0.15) is 9.78 Å². The number of carbonyl (C=O) groups excluding carboxylic acids is 2. The highest BCUT2D eigenvalue weighted by Gasteiger charge is 2.50. The van der Waals surface area contributed by atoms with Crippen molar-refractivity contribution in [2.24, 2.45) is 5.41 Å². The first-order chi connectivity index (χ1) is 15.5. The normalized spacial score (nSPS) is 26.0. The van der Waals surface area contributed by atoms with E-state index < -0.39 is 0 Å². The van der Waals surface area contributed by atoms with Gasteiger partial charge < -0.3 is 9.64 Å². The summed E-state index contributed by atoms with van der Waals surface area (Å²) in [5, 5.41) is 19.5. The molecule has 1 aliphatic carbocycles. The predicted molar refractivity (Wildman–Crippen MR) is 111 cm³/mol. The number of cyclic esters (lactones) is 1. The van der Waals surface area contributed by atoms with E-state index in [1.807, 2.05) is 12.1 Å². The molecule has 32 heavy (non-hydrogen) atoms. The molecule has 1 saturated carbocycles. The highest BCUT2D eigenvalue weighted by molar-refractivity contribution is 5.94. The lowest BCUT2D eigenvalue weighted by molar-refractivity contribution is -0.138. The van der Waals surface area contributed by atoms with Crippen LogP contribution in [-0.2, 0) is 20.9 Å². The van der Waals surface area contributed by atoms with Crippen LogP contribution < -0.4 is 0 Å². The van der Waals surface area contributed by atoms with Crippen molar-refractivity contribution in [1.29, 1.82) is 0 Å². The summed E-state index contributed by atoms with van der Waals surface area (Å²) < 4.78 is 6.58. The number of hydrogen-bond donors (Lipinski definition) is 0. The van der Waals surface area contributed by atoms with Gasteiger partial charge in [-0.25, -0.2) is 4.79 Å². The van der Waals surface area contributed by atoms with Gasteiger partial charge in [0.15, 0.2) is 5.82 Å². The molecule has 0 unspecified atom stereocenters. The second-order valence-electron chi connectivity index (χ2n) is 8.92. The zero-order valence-electron chi connectivity index (χ0n) is 18.3. The third-order valence-corrected chi connectivity index (χ3v) is 7.15. The Kier molecular flexibility index (Phi) is 5.20. The maximum Gasteiger partial charge on any atom is 0.336 e. The molecule has 0 N–H and O–H groups in total. The molecule has 0 atom stereocenters. The van der Waals surface area contributed by atoms with Crippen LogP contribution in [0.5, 0.6) is 0 Å². The lowest BCUT2D eigenvalue weighted by Crippen LogP contribution is -2.42. The van der Waals surface area contributed by atoms with Gasteiger partial charge in [0.2, 0.25) is 5.91 Å². The van der Waals surface area contributed by atoms with Crippen molar-refractivity contribution in [1.82, 2.24) is 40.2 Å². The van der Waals surface area contributed by atoms with E-state index in [0.29, 0.717) is 30.5 Å². The van der Waals surface area contributed by atoms with E-state index in [9.17, 15) is 9.59 Å². The predicted octanol–water partition coefficient (Wildman–Crippen LogP) is 0.876. The molecule has 1 spiro atoms. The Labute approximate surface area is 185 Å². The summed E-state index contributed by atoms with van der Waals surface area (Å²) in [4.78, 5) is 29.1. The molecule has 0 aromatic carbocycles. The van der Waals surface area contributed by atoms with Gasteiger partial charge in [-0.15, -0.1) is 10.2 Å². The molecule has 168 valence electrons. The third-order valence-electron chi connectivity index (χ3n) is 7.15. The lowest BCUT2D eigenvalue weighted by atomic mass is 9.71. The number of tetrazole rings is 1. The summed E-state index contributed by atoms with van der Waals surface area (Å²) in [7, 11) is 2.10. The molecule has 2 fully saturated rings. The maximum absolute atomic E-state index is 13.3. The Morgan fingerprint density at radius 1 is 1.19 bits per heavy atom. The molecule has 11 nitrogen and oxygen atoms in total. The molecular formula is C21H26N8O3. The van der Waals surface area contributed by atoms with Crippen LogP contribution in [0.2, 0.25) is 0 Å². The first kappa shape index (κ1) is 20.7. The van der Waals surface area contributed by atoms with Crippen molar-refractivity contribution >= 4 is 11.9 Å². The topological polar surface area (TPSA) is 119 Å². The third kappa shape index (κ3) is 3.56. The number of rotatable bonds is 5. The molecule has 5 rings (SSSR count). The molecular weight excluding hydrogens is 412 g/mol. The molecule has 2 aromatic rings. The average Bonchev–Trinajstić information content (AvgIpc) is 3.52. The van der Waals surface area contributed by atoms with Crippen LogP contribution in [0.3, 0.4) is 0 Å². The van der Waals surface area contributed by atoms with Crippen LogP contribution in [-0.4, -0.2) is 78.3 Å². The number of carbonyl (C=O) groups is 2. The van der Waals surface area contributed by atoms with E-state index in [2.05, 4.69) is 37.7 Å². The van der Waals surface area contributed by atoms with Crippen molar-refractivity contribution in [3.63, 3.8) is 0 Å². The number of ether oxygens (including phenoxy) is 1. The minimum absolute atomic E-state index is 0.162. The van der Waals surface area contributed by atoms with E-state index in [-0.39, 0.29) is 23.9 Å². The fraction of sp³-hybridized carbons (Fsp3) is 0.571. The van der Waals surface area contributed by atoms with Gasteiger partial charge >= 0.3 is 5.97 Å². The van der Waals surface area contributed by atoms with E-state index in [1.54, 1.807) is 11.8 Å². The zero-order chi connectivity index (χ0) is 22.3. The van der Waals surface area contributed by atoms with Crippen LogP contribution in [0.4, 0.5) is 0 Å². The van der Waals surface area contributed by atoms with Gasteiger partial charge in [0.25, 0.3) is 0 Å². The molecule has 2 aromatic heterocycles.